The van der Waals surface area contributed by atoms with Gasteiger partial charge in [-0.15, -0.1) is 0 Å². The number of nitrogens with one attached hydrogen (secondary N) is 1. The van der Waals surface area contributed by atoms with Crippen LogP contribution in [-0.4, -0.2) is 61.0 Å². The van der Waals surface area contributed by atoms with E-state index in [1.165, 1.54) is 63.8 Å². The van der Waals surface area contributed by atoms with Crippen LogP contribution in [0.5, 0.6) is 0 Å². The van der Waals surface area contributed by atoms with Gasteiger partial charge in [0, 0.05) is 28.7 Å². The standard InChI is InChI=1S/C27H36ClN3O/c1-21-6-8-22(9-7-21)25-11-10-23(20-26(25)28)27(32)29-14-5-15-30-18-12-24(13-19-30)31-16-3-2-4-17-31/h6-11,20,24H,2-5,12-19H2,1H3,(H,29,32). The van der Waals surface area contributed by atoms with E-state index < -0.39 is 0 Å². The molecule has 0 aromatic heterocycles. The molecule has 1 N–H and O–H groups in total. The maximum Gasteiger partial charge on any atom is 0.251 e. The Morgan fingerprint density at radius 3 is 2.41 bits per heavy atom. The highest BCUT2D eigenvalue weighted by Gasteiger charge is 2.25. The van der Waals surface area contributed by atoms with Crippen LogP contribution in [0.1, 0.15) is 54.4 Å². The molecule has 2 aromatic rings. The molecule has 2 aliphatic rings. The van der Waals surface area contributed by atoms with Crippen LogP contribution >= 0.6 is 11.6 Å². The zero-order chi connectivity index (χ0) is 22.3. The lowest BCUT2D eigenvalue weighted by Gasteiger charge is -2.40. The summed E-state index contributed by atoms with van der Waals surface area (Å²) in [6.07, 6.45) is 7.72. The second-order valence-corrected chi connectivity index (χ2v) is 9.75. The van der Waals surface area contributed by atoms with Gasteiger partial charge >= 0.3 is 0 Å². The second kappa shape index (κ2) is 11.3. The summed E-state index contributed by atoms with van der Waals surface area (Å²) in [5.74, 6) is -0.0498. The molecule has 0 spiro atoms. The number of carbonyl (C=O) groups is 1. The summed E-state index contributed by atoms with van der Waals surface area (Å²) in [4.78, 5) is 17.8. The van der Waals surface area contributed by atoms with Crippen molar-refractivity contribution in [3.8, 4) is 11.1 Å². The summed E-state index contributed by atoms with van der Waals surface area (Å²) in [7, 11) is 0. The predicted octanol–water partition coefficient (Wildman–Crippen LogP) is 5.39. The summed E-state index contributed by atoms with van der Waals surface area (Å²) in [6.45, 7) is 8.79. The minimum atomic E-state index is -0.0498. The number of amides is 1. The maximum absolute atomic E-state index is 12.6. The third-order valence-electron chi connectivity index (χ3n) is 6.99. The summed E-state index contributed by atoms with van der Waals surface area (Å²) in [5.41, 5.74) is 3.85. The van der Waals surface area contributed by atoms with E-state index in [1.54, 1.807) is 6.07 Å². The normalized spacial score (nSPS) is 18.6. The largest absolute Gasteiger partial charge is 0.352 e. The average Bonchev–Trinajstić information content (AvgIpc) is 2.83. The molecule has 0 radical (unpaired) electrons. The molecule has 2 aromatic carbocycles. The van der Waals surface area contributed by atoms with Crippen LogP contribution in [0.25, 0.3) is 11.1 Å². The van der Waals surface area contributed by atoms with Crippen molar-refractivity contribution in [2.45, 2.75) is 51.5 Å². The smallest absolute Gasteiger partial charge is 0.251 e. The highest BCUT2D eigenvalue weighted by atomic mass is 35.5. The van der Waals surface area contributed by atoms with E-state index in [9.17, 15) is 4.79 Å². The van der Waals surface area contributed by atoms with Crippen molar-refractivity contribution in [3.05, 3.63) is 58.6 Å². The molecule has 2 saturated heterocycles. The quantitative estimate of drug-likeness (QED) is 0.571. The van der Waals surface area contributed by atoms with Crippen molar-refractivity contribution in [1.82, 2.24) is 15.1 Å². The van der Waals surface area contributed by atoms with E-state index in [1.807, 2.05) is 12.1 Å². The van der Waals surface area contributed by atoms with Crippen molar-refractivity contribution < 1.29 is 4.79 Å². The second-order valence-electron chi connectivity index (χ2n) is 9.34. The lowest BCUT2D eigenvalue weighted by atomic mass is 10.00. The fourth-order valence-corrected chi connectivity index (χ4v) is 5.31. The molecule has 0 saturated carbocycles. The van der Waals surface area contributed by atoms with Gasteiger partial charge in [-0.05, 0) is 89.4 Å². The van der Waals surface area contributed by atoms with Gasteiger partial charge in [0.15, 0.2) is 0 Å². The van der Waals surface area contributed by atoms with Crippen LogP contribution in [0.15, 0.2) is 42.5 Å². The Morgan fingerprint density at radius 1 is 1.00 bits per heavy atom. The van der Waals surface area contributed by atoms with Gasteiger partial charge in [-0.1, -0.05) is 53.9 Å². The molecule has 172 valence electrons. The molecule has 2 fully saturated rings. The lowest BCUT2D eigenvalue weighted by molar-refractivity contribution is 0.0903. The summed E-state index contributed by atoms with van der Waals surface area (Å²) in [5, 5.41) is 3.67. The van der Waals surface area contributed by atoms with E-state index >= 15 is 0 Å². The first-order valence-corrected chi connectivity index (χ1v) is 12.6. The summed E-state index contributed by atoms with van der Waals surface area (Å²) >= 11 is 6.49. The van der Waals surface area contributed by atoms with Crippen LogP contribution in [0.2, 0.25) is 5.02 Å². The molecule has 0 atom stereocenters. The van der Waals surface area contributed by atoms with E-state index in [0.29, 0.717) is 17.1 Å². The molecule has 0 unspecified atom stereocenters. The average molecular weight is 454 g/mol. The molecule has 32 heavy (non-hydrogen) atoms. The zero-order valence-corrected chi connectivity index (χ0v) is 20.0. The van der Waals surface area contributed by atoms with Crippen LogP contribution in [0.4, 0.5) is 0 Å². The van der Waals surface area contributed by atoms with Crippen molar-refractivity contribution in [3.63, 3.8) is 0 Å². The van der Waals surface area contributed by atoms with Crippen molar-refractivity contribution in [1.29, 1.82) is 0 Å². The van der Waals surface area contributed by atoms with Crippen LogP contribution in [0, 0.1) is 6.92 Å². The van der Waals surface area contributed by atoms with Gasteiger partial charge in [-0.25, -0.2) is 0 Å². The van der Waals surface area contributed by atoms with E-state index in [2.05, 4.69) is 46.3 Å². The number of carbonyl (C=O) groups excluding carboxylic acids is 1. The fourth-order valence-electron chi connectivity index (χ4n) is 5.02. The number of rotatable bonds is 7. The van der Waals surface area contributed by atoms with E-state index in [-0.39, 0.29) is 5.91 Å². The van der Waals surface area contributed by atoms with Crippen molar-refractivity contribution in [2.75, 3.05) is 39.3 Å². The predicted molar refractivity (Wildman–Crippen MR) is 133 cm³/mol. The Bertz CT molecular complexity index is 884. The molecule has 2 heterocycles. The molecular weight excluding hydrogens is 418 g/mol. The molecule has 4 rings (SSSR count). The fraction of sp³-hybridized carbons (Fsp3) is 0.519. The van der Waals surface area contributed by atoms with E-state index in [4.69, 9.17) is 11.6 Å². The molecule has 4 nitrogen and oxygen atoms in total. The van der Waals surface area contributed by atoms with Crippen LogP contribution < -0.4 is 5.32 Å². The molecule has 2 aliphatic heterocycles. The monoisotopic (exact) mass is 453 g/mol. The number of halogens is 1. The Morgan fingerprint density at radius 2 is 1.72 bits per heavy atom. The molecule has 1 amide bonds. The third kappa shape index (κ3) is 6.12. The minimum Gasteiger partial charge on any atom is -0.352 e. The van der Waals surface area contributed by atoms with Gasteiger partial charge in [-0.2, -0.15) is 0 Å². The number of hydrogen-bond donors (Lipinski definition) is 1. The van der Waals surface area contributed by atoms with E-state index in [0.717, 1.165) is 30.1 Å². The summed E-state index contributed by atoms with van der Waals surface area (Å²) < 4.78 is 0. The SMILES string of the molecule is Cc1ccc(-c2ccc(C(=O)NCCCN3CCC(N4CCCCC4)CC3)cc2Cl)cc1. The Hall–Kier alpha value is -1.88. The third-order valence-corrected chi connectivity index (χ3v) is 7.31. The maximum atomic E-state index is 12.6. The van der Waals surface area contributed by atoms with Crippen LogP contribution in [0.3, 0.4) is 0 Å². The Balaban J connectivity index is 1.18. The van der Waals surface area contributed by atoms with Crippen molar-refractivity contribution in [2.24, 2.45) is 0 Å². The molecule has 0 bridgehead atoms. The van der Waals surface area contributed by atoms with Gasteiger partial charge in [0.2, 0.25) is 0 Å². The molecule has 5 heteroatoms. The molecule has 0 aliphatic carbocycles. The van der Waals surface area contributed by atoms with Crippen LogP contribution in [-0.2, 0) is 0 Å². The van der Waals surface area contributed by atoms with Gasteiger partial charge in [0.05, 0.1) is 0 Å². The number of hydrogen-bond acceptors (Lipinski definition) is 3. The number of nitrogens with zero attached hydrogens (tertiary/aromatic N) is 2. The topological polar surface area (TPSA) is 35.6 Å². The van der Waals surface area contributed by atoms with Crippen molar-refractivity contribution >= 4 is 17.5 Å². The van der Waals surface area contributed by atoms with Gasteiger partial charge in [0.1, 0.15) is 0 Å². The number of piperidine rings is 2. The number of aryl methyl sites for hydroxylation is 1. The van der Waals surface area contributed by atoms with Gasteiger partial charge in [-0.3, -0.25) is 4.79 Å². The highest BCUT2D eigenvalue weighted by molar-refractivity contribution is 6.33. The lowest BCUT2D eigenvalue weighted by Crippen LogP contribution is -2.47. The zero-order valence-electron chi connectivity index (χ0n) is 19.3. The minimum absolute atomic E-state index is 0.0498. The first kappa shape index (κ1) is 23.3. The Kier molecular flexibility index (Phi) is 8.23. The molecular formula is C27H36ClN3O. The highest BCUT2D eigenvalue weighted by Crippen LogP contribution is 2.29. The first-order valence-electron chi connectivity index (χ1n) is 12.2. The van der Waals surface area contributed by atoms with Gasteiger partial charge in [0.25, 0.3) is 5.91 Å². The Labute approximate surface area is 197 Å². The summed E-state index contributed by atoms with van der Waals surface area (Å²) in [6, 6.07) is 14.6. The van der Waals surface area contributed by atoms with Gasteiger partial charge < -0.3 is 15.1 Å². The number of likely N-dealkylation sites (tertiary alicyclic amines) is 2. The number of benzene rings is 2. The first-order chi connectivity index (χ1) is 15.6.